The number of carbonyl (C=O) groups is 1. The standard InChI is InChI=1S/C27H28ClFN2O5/c1-4-11-35-23-10-9-20(15-24(23)33-3)27(32)31-30-16-19-13-22(28)26(25(14-19)34-5-2)36-17-18-7-6-8-21(29)12-18/h6-10,12-16H,4-5,11,17H2,1-3H3,(H,31,32)/b30-16+. The number of nitrogens with zero attached hydrogens (tertiary/aromatic N) is 1. The van der Waals surface area contributed by atoms with Crippen molar-refractivity contribution in [3.63, 3.8) is 0 Å². The Labute approximate surface area is 214 Å². The lowest BCUT2D eigenvalue weighted by molar-refractivity contribution is 0.0954. The second-order valence-electron chi connectivity index (χ2n) is 7.59. The van der Waals surface area contributed by atoms with Crippen LogP contribution in [0.5, 0.6) is 23.0 Å². The second-order valence-corrected chi connectivity index (χ2v) is 8.00. The number of hydrogen-bond donors (Lipinski definition) is 1. The summed E-state index contributed by atoms with van der Waals surface area (Å²) >= 11 is 6.44. The Hall–Kier alpha value is -3.78. The summed E-state index contributed by atoms with van der Waals surface area (Å²) in [5.41, 5.74) is 4.09. The van der Waals surface area contributed by atoms with Crippen molar-refractivity contribution in [1.82, 2.24) is 5.43 Å². The van der Waals surface area contributed by atoms with E-state index in [2.05, 4.69) is 10.5 Å². The molecule has 0 aliphatic heterocycles. The molecule has 0 fully saturated rings. The van der Waals surface area contributed by atoms with E-state index in [0.717, 1.165) is 6.42 Å². The number of amides is 1. The Balaban J connectivity index is 1.70. The third-order valence-corrected chi connectivity index (χ3v) is 5.15. The van der Waals surface area contributed by atoms with Crippen LogP contribution in [0, 0.1) is 5.82 Å². The van der Waals surface area contributed by atoms with Crippen LogP contribution in [0.15, 0.2) is 59.7 Å². The number of hydrazone groups is 1. The van der Waals surface area contributed by atoms with Gasteiger partial charge in [-0.05, 0) is 66.9 Å². The maximum absolute atomic E-state index is 13.4. The summed E-state index contributed by atoms with van der Waals surface area (Å²) in [6, 6.07) is 14.3. The van der Waals surface area contributed by atoms with E-state index in [1.807, 2.05) is 13.8 Å². The average molecular weight is 515 g/mol. The fourth-order valence-electron chi connectivity index (χ4n) is 3.22. The van der Waals surface area contributed by atoms with Gasteiger partial charge in [0.05, 0.1) is 31.6 Å². The molecule has 0 bridgehead atoms. The lowest BCUT2D eigenvalue weighted by atomic mass is 10.2. The van der Waals surface area contributed by atoms with Gasteiger partial charge >= 0.3 is 0 Å². The van der Waals surface area contributed by atoms with Gasteiger partial charge in [0, 0.05) is 5.56 Å². The van der Waals surface area contributed by atoms with E-state index >= 15 is 0 Å². The van der Waals surface area contributed by atoms with Crippen LogP contribution in [0.3, 0.4) is 0 Å². The van der Waals surface area contributed by atoms with Gasteiger partial charge in [-0.1, -0.05) is 30.7 Å². The van der Waals surface area contributed by atoms with E-state index in [9.17, 15) is 9.18 Å². The van der Waals surface area contributed by atoms with Gasteiger partial charge in [0.1, 0.15) is 12.4 Å². The molecule has 7 nitrogen and oxygen atoms in total. The summed E-state index contributed by atoms with van der Waals surface area (Å²) in [7, 11) is 1.51. The van der Waals surface area contributed by atoms with Crippen molar-refractivity contribution < 1.29 is 28.1 Å². The molecular formula is C27H28ClFN2O5. The first-order valence-corrected chi connectivity index (χ1v) is 11.8. The number of halogens is 2. The Bertz CT molecular complexity index is 1220. The molecule has 0 unspecified atom stereocenters. The highest BCUT2D eigenvalue weighted by molar-refractivity contribution is 6.32. The molecule has 0 aliphatic rings. The summed E-state index contributed by atoms with van der Waals surface area (Å²) in [5.74, 6) is 1.00. The predicted molar refractivity (Wildman–Crippen MR) is 137 cm³/mol. The molecule has 9 heteroatoms. The van der Waals surface area contributed by atoms with Gasteiger partial charge < -0.3 is 18.9 Å². The monoisotopic (exact) mass is 514 g/mol. The minimum Gasteiger partial charge on any atom is -0.493 e. The number of nitrogens with one attached hydrogen (secondary N) is 1. The van der Waals surface area contributed by atoms with Crippen LogP contribution in [-0.2, 0) is 6.61 Å². The molecule has 0 spiro atoms. The van der Waals surface area contributed by atoms with Gasteiger partial charge in [0.2, 0.25) is 0 Å². The van der Waals surface area contributed by atoms with Gasteiger partial charge in [-0.25, -0.2) is 9.82 Å². The van der Waals surface area contributed by atoms with Crippen molar-refractivity contribution in [1.29, 1.82) is 0 Å². The van der Waals surface area contributed by atoms with Gasteiger partial charge in [0.15, 0.2) is 23.0 Å². The first kappa shape index (κ1) is 26.8. The summed E-state index contributed by atoms with van der Waals surface area (Å²) < 4.78 is 35.9. The Kier molecular flexibility index (Phi) is 9.94. The van der Waals surface area contributed by atoms with Gasteiger partial charge in [0.25, 0.3) is 5.91 Å². The van der Waals surface area contributed by atoms with Gasteiger partial charge in [-0.3, -0.25) is 4.79 Å². The van der Waals surface area contributed by atoms with Crippen molar-refractivity contribution in [2.75, 3.05) is 20.3 Å². The maximum atomic E-state index is 13.4. The minimum atomic E-state index is -0.419. The van der Waals surface area contributed by atoms with Crippen molar-refractivity contribution in [3.8, 4) is 23.0 Å². The lowest BCUT2D eigenvalue weighted by Gasteiger charge is -2.14. The molecule has 0 atom stereocenters. The smallest absolute Gasteiger partial charge is 0.271 e. The number of rotatable bonds is 12. The van der Waals surface area contributed by atoms with E-state index in [1.165, 1.54) is 25.5 Å². The second kappa shape index (κ2) is 13.3. The highest BCUT2D eigenvalue weighted by atomic mass is 35.5. The molecule has 190 valence electrons. The first-order valence-electron chi connectivity index (χ1n) is 11.4. The van der Waals surface area contributed by atoms with Crippen LogP contribution in [-0.4, -0.2) is 32.4 Å². The molecule has 3 aromatic rings. The fraction of sp³-hybridized carbons (Fsp3) is 0.259. The SMILES string of the molecule is CCCOc1ccc(C(=O)N/N=C/c2cc(Cl)c(OCc3cccc(F)c3)c(OCC)c2)cc1OC. The van der Waals surface area contributed by atoms with Crippen LogP contribution in [0.25, 0.3) is 0 Å². The summed E-state index contributed by atoms with van der Waals surface area (Å²) in [4.78, 5) is 12.5. The third-order valence-electron chi connectivity index (χ3n) is 4.87. The van der Waals surface area contributed by atoms with Crippen molar-refractivity contribution >= 4 is 23.7 Å². The average Bonchev–Trinajstić information content (AvgIpc) is 2.87. The van der Waals surface area contributed by atoms with E-state index in [-0.39, 0.29) is 17.4 Å². The zero-order valence-corrected chi connectivity index (χ0v) is 21.1. The molecule has 0 radical (unpaired) electrons. The molecular weight excluding hydrogens is 487 g/mol. The van der Waals surface area contributed by atoms with Crippen LogP contribution in [0.1, 0.15) is 41.8 Å². The topological polar surface area (TPSA) is 78.4 Å². The highest BCUT2D eigenvalue weighted by Gasteiger charge is 2.14. The number of methoxy groups -OCH3 is 1. The number of benzene rings is 3. The molecule has 0 heterocycles. The molecule has 1 amide bonds. The maximum Gasteiger partial charge on any atom is 0.271 e. The fourth-order valence-corrected chi connectivity index (χ4v) is 3.49. The van der Waals surface area contributed by atoms with Crippen LogP contribution >= 0.6 is 11.6 Å². The number of hydrogen-bond acceptors (Lipinski definition) is 6. The lowest BCUT2D eigenvalue weighted by Crippen LogP contribution is -2.17. The van der Waals surface area contributed by atoms with Crippen LogP contribution < -0.4 is 24.4 Å². The number of carbonyl (C=O) groups excluding carboxylic acids is 1. The third kappa shape index (κ3) is 7.36. The predicted octanol–water partition coefficient (Wildman–Crippen LogP) is 6.02. The summed E-state index contributed by atoms with van der Waals surface area (Å²) in [6.45, 7) is 4.88. The molecule has 3 rings (SSSR count). The summed E-state index contributed by atoms with van der Waals surface area (Å²) in [5, 5.41) is 4.32. The Morgan fingerprint density at radius 1 is 1.03 bits per heavy atom. The van der Waals surface area contributed by atoms with Crippen LogP contribution in [0.4, 0.5) is 4.39 Å². The zero-order valence-electron chi connectivity index (χ0n) is 20.3. The normalized spacial score (nSPS) is 10.8. The van der Waals surface area contributed by atoms with Crippen molar-refractivity contribution in [2.45, 2.75) is 26.9 Å². The molecule has 36 heavy (non-hydrogen) atoms. The minimum absolute atomic E-state index is 0.118. The Morgan fingerprint density at radius 2 is 1.86 bits per heavy atom. The number of ether oxygens (including phenoxy) is 4. The Morgan fingerprint density at radius 3 is 2.58 bits per heavy atom. The first-order chi connectivity index (χ1) is 17.4. The van der Waals surface area contributed by atoms with E-state index in [4.69, 9.17) is 30.5 Å². The quantitative estimate of drug-likeness (QED) is 0.236. The zero-order chi connectivity index (χ0) is 25.9. The molecule has 1 N–H and O–H groups in total. The van der Waals surface area contributed by atoms with Crippen LogP contribution in [0.2, 0.25) is 5.02 Å². The largest absolute Gasteiger partial charge is 0.493 e. The molecule has 0 aromatic heterocycles. The summed E-state index contributed by atoms with van der Waals surface area (Å²) in [6.07, 6.45) is 2.30. The van der Waals surface area contributed by atoms with Crippen molar-refractivity contribution in [2.24, 2.45) is 5.10 Å². The molecule has 0 saturated heterocycles. The molecule has 3 aromatic carbocycles. The van der Waals surface area contributed by atoms with E-state index in [0.29, 0.717) is 52.9 Å². The molecule has 0 saturated carbocycles. The highest BCUT2D eigenvalue weighted by Crippen LogP contribution is 2.37. The van der Waals surface area contributed by atoms with E-state index in [1.54, 1.807) is 42.5 Å². The van der Waals surface area contributed by atoms with Gasteiger partial charge in [-0.2, -0.15) is 5.10 Å². The van der Waals surface area contributed by atoms with Gasteiger partial charge in [-0.15, -0.1) is 0 Å². The molecule has 0 aliphatic carbocycles. The van der Waals surface area contributed by atoms with E-state index < -0.39 is 5.91 Å². The van der Waals surface area contributed by atoms with Crippen molar-refractivity contribution in [3.05, 3.63) is 82.1 Å².